The summed E-state index contributed by atoms with van der Waals surface area (Å²) in [6.07, 6.45) is -19.0. The summed E-state index contributed by atoms with van der Waals surface area (Å²) < 4.78 is 121. The minimum Gasteiger partial charge on any atom is -0.396 e. The van der Waals surface area contributed by atoms with Crippen LogP contribution >= 0.6 is 0 Å². The van der Waals surface area contributed by atoms with Gasteiger partial charge in [-0.1, -0.05) is 0 Å². The van der Waals surface area contributed by atoms with E-state index in [0.717, 1.165) is 0 Å². The largest absolute Gasteiger partial charge is 0.573 e. The van der Waals surface area contributed by atoms with Crippen LogP contribution in [-0.2, 0) is 9.47 Å². The summed E-state index contributed by atoms with van der Waals surface area (Å²) in [4.78, 5) is 0. The van der Waals surface area contributed by atoms with E-state index in [1.54, 1.807) is 0 Å². The molecular weight excluding hydrogens is 294 g/mol. The third-order valence-corrected chi connectivity index (χ3v) is 0.985. The van der Waals surface area contributed by atoms with E-state index < -0.39 is 36.4 Å². The van der Waals surface area contributed by atoms with Gasteiger partial charge in [-0.05, 0) is 0 Å². The summed E-state index contributed by atoms with van der Waals surface area (Å²) in [7, 11) is 0. The minimum absolute atomic E-state index is 2.34. The molecule has 0 rings (SSSR count). The van der Waals surface area contributed by atoms with Crippen molar-refractivity contribution >= 4 is 0 Å². The monoisotopic (exact) mass is 294 g/mol. The van der Waals surface area contributed by atoms with Crippen molar-refractivity contribution in [2.24, 2.45) is 0 Å². The van der Waals surface area contributed by atoms with E-state index in [2.05, 4.69) is 9.47 Å². The van der Waals surface area contributed by atoms with Crippen LogP contribution in [0.25, 0.3) is 0 Å². The fraction of sp³-hybridized carbons (Fsp3) is 0.333. The number of alkyl halides is 6. The zero-order chi connectivity index (χ0) is 14.7. The van der Waals surface area contributed by atoms with Gasteiger partial charge in [-0.15, -0.1) is 26.3 Å². The Morgan fingerprint density at radius 3 is 0.889 bits per heavy atom. The topological polar surface area (TPSA) is 18.5 Å². The fourth-order valence-electron chi connectivity index (χ4n) is 0.573. The molecule has 0 fully saturated rings. The Bertz CT molecular complexity index is 318. The highest BCUT2D eigenvalue weighted by atomic mass is 19.4. The third-order valence-electron chi connectivity index (χ3n) is 0.985. The molecule has 0 aromatic rings. The van der Waals surface area contributed by atoms with E-state index in [-0.39, 0.29) is 0 Å². The summed E-state index contributed by atoms with van der Waals surface area (Å²) in [6.45, 7) is 0. The van der Waals surface area contributed by atoms with Gasteiger partial charge in [0.2, 0.25) is 11.5 Å². The molecule has 18 heavy (non-hydrogen) atoms. The molecule has 0 aliphatic rings. The highest BCUT2D eigenvalue weighted by molar-refractivity contribution is 5.21. The molecule has 0 unspecified atom stereocenters. The average molecular weight is 294 g/mol. The lowest BCUT2D eigenvalue weighted by atomic mass is 10.4. The van der Waals surface area contributed by atoms with Crippen LogP contribution in [-0.4, -0.2) is 12.7 Å². The predicted octanol–water partition coefficient (Wildman–Crippen LogP) is 4.28. The van der Waals surface area contributed by atoms with Crippen molar-refractivity contribution in [1.29, 1.82) is 0 Å². The molecule has 0 atom stereocenters. The van der Waals surface area contributed by atoms with Gasteiger partial charge in [0.1, 0.15) is 0 Å². The van der Waals surface area contributed by atoms with Crippen LogP contribution < -0.4 is 0 Å². The van der Waals surface area contributed by atoms with Crippen LogP contribution in [0, 0.1) is 0 Å². The molecule has 0 bridgehead atoms. The first-order valence-corrected chi connectivity index (χ1v) is 3.46. The van der Waals surface area contributed by atoms with Crippen molar-refractivity contribution in [2.45, 2.75) is 12.7 Å². The summed E-state index contributed by atoms with van der Waals surface area (Å²) in [6, 6.07) is 0. The van der Waals surface area contributed by atoms with Gasteiger partial charge in [0.25, 0.3) is 0 Å². The van der Waals surface area contributed by atoms with Gasteiger partial charge in [-0.3, -0.25) is 0 Å². The second kappa shape index (κ2) is 5.35. The first kappa shape index (κ1) is 16.4. The Morgan fingerprint density at radius 2 is 0.778 bits per heavy atom. The van der Waals surface area contributed by atoms with Crippen molar-refractivity contribution in [1.82, 2.24) is 0 Å². The van der Waals surface area contributed by atoms with Gasteiger partial charge in [-0.25, -0.2) is 0 Å². The minimum atomic E-state index is -5.91. The molecule has 0 saturated heterocycles. The molecule has 0 N–H and O–H groups in total. The highest BCUT2D eigenvalue weighted by Crippen LogP contribution is 2.34. The molecule has 0 aromatic carbocycles. The predicted molar refractivity (Wildman–Crippen MR) is 32.8 cm³/mol. The molecule has 0 heterocycles. The molecule has 0 aliphatic heterocycles. The Kier molecular flexibility index (Phi) is 4.87. The van der Waals surface area contributed by atoms with Crippen LogP contribution in [0.5, 0.6) is 0 Å². The maximum absolute atomic E-state index is 11.9. The standard InChI is InChI=1S/C6F10O2/c7-3(8)1(17-5(11,12)13)2(4(9)10)18-6(14,15)16. The van der Waals surface area contributed by atoms with Gasteiger partial charge in [0.05, 0.1) is 0 Å². The highest BCUT2D eigenvalue weighted by Gasteiger charge is 2.42. The van der Waals surface area contributed by atoms with Gasteiger partial charge in [-0.2, -0.15) is 17.6 Å². The second-order valence-electron chi connectivity index (χ2n) is 2.27. The SMILES string of the molecule is FC(F)=C(OC(F)(F)F)C(OC(F)(F)F)=C(F)F. The third kappa shape index (κ3) is 6.20. The molecule has 0 saturated carbocycles. The molecule has 2 nitrogen and oxygen atoms in total. The van der Waals surface area contributed by atoms with Crippen LogP contribution in [0.1, 0.15) is 0 Å². The molecule has 12 heteroatoms. The molecule has 106 valence electrons. The first-order valence-electron chi connectivity index (χ1n) is 3.46. The summed E-state index contributed by atoms with van der Waals surface area (Å²) in [5, 5.41) is 0. The smallest absolute Gasteiger partial charge is 0.396 e. The lowest BCUT2D eigenvalue weighted by Crippen LogP contribution is -2.20. The molecule has 0 aliphatic carbocycles. The molecule has 0 radical (unpaired) electrons. The van der Waals surface area contributed by atoms with Gasteiger partial charge < -0.3 is 9.47 Å². The van der Waals surface area contributed by atoms with Crippen LogP contribution in [0.4, 0.5) is 43.9 Å². The zero-order valence-corrected chi connectivity index (χ0v) is 7.60. The number of halogens is 10. The van der Waals surface area contributed by atoms with E-state index in [4.69, 9.17) is 0 Å². The number of hydrogen-bond acceptors (Lipinski definition) is 2. The Labute approximate surface area is 91.1 Å². The lowest BCUT2D eigenvalue weighted by Gasteiger charge is -2.15. The van der Waals surface area contributed by atoms with Crippen molar-refractivity contribution < 1.29 is 53.4 Å². The van der Waals surface area contributed by atoms with Crippen LogP contribution in [0.2, 0.25) is 0 Å². The van der Waals surface area contributed by atoms with Crippen molar-refractivity contribution in [3.8, 4) is 0 Å². The summed E-state index contributed by atoms with van der Waals surface area (Å²) in [5.41, 5.74) is 0. The number of rotatable bonds is 3. The molecular formula is C6F10O2. The average Bonchev–Trinajstić information content (AvgIpc) is 2.06. The Balaban J connectivity index is 5.47. The van der Waals surface area contributed by atoms with Gasteiger partial charge >= 0.3 is 24.9 Å². The van der Waals surface area contributed by atoms with Crippen molar-refractivity contribution in [2.75, 3.05) is 0 Å². The molecule has 0 spiro atoms. The lowest BCUT2D eigenvalue weighted by molar-refractivity contribution is -0.326. The normalized spacial score (nSPS) is 11.9. The van der Waals surface area contributed by atoms with Gasteiger partial charge in [0.15, 0.2) is 0 Å². The molecule has 0 aromatic heterocycles. The Hall–Kier alpha value is -1.62. The van der Waals surface area contributed by atoms with E-state index in [1.807, 2.05) is 0 Å². The zero-order valence-electron chi connectivity index (χ0n) is 7.60. The maximum Gasteiger partial charge on any atom is 0.573 e. The summed E-state index contributed by atoms with van der Waals surface area (Å²) >= 11 is 0. The second-order valence-corrected chi connectivity index (χ2v) is 2.27. The van der Waals surface area contributed by atoms with Crippen LogP contribution in [0.3, 0.4) is 0 Å². The van der Waals surface area contributed by atoms with E-state index in [1.165, 1.54) is 0 Å². The molecule has 0 amide bonds. The first-order chi connectivity index (χ1) is 7.83. The number of hydrogen-bond donors (Lipinski definition) is 0. The number of ether oxygens (including phenoxy) is 2. The van der Waals surface area contributed by atoms with Crippen molar-refractivity contribution in [3.05, 3.63) is 23.7 Å². The van der Waals surface area contributed by atoms with Gasteiger partial charge in [0, 0.05) is 0 Å². The van der Waals surface area contributed by atoms with E-state index in [9.17, 15) is 43.9 Å². The summed E-state index contributed by atoms with van der Waals surface area (Å²) in [5.74, 6) is -6.14. The van der Waals surface area contributed by atoms with E-state index in [0.29, 0.717) is 0 Å². The van der Waals surface area contributed by atoms with E-state index >= 15 is 0 Å². The fourth-order valence-corrected chi connectivity index (χ4v) is 0.573. The Morgan fingerprint density at radius 1 is 0.556 bits per heavy atom. The maximum atomic E-state index is 11.9. The quantitative estimate of drug-likeness (QED) is 0.439. The van der Waals surface area contributed by atoms with Crippen LogP contribution in [0.15, 0.2) is 23.7 Å². The van der Waals surface area contributed by atoms with Crippen molar-refractivity contribution in [3.63, 3.8) is 0 Å².